The first-order valence-corrected chi connectivity index (χ1v) is 4.29. The molecule has 0 aromatic heterocycles. The highest BCUT2D eigenvalue weighted by molar-refractivity contribution is 5.52. The first-order valence-electron chi connectivity index (χ1n) is 4.29. The maximum Gasteiger partial charge on any atom is 0.0484 e. The lowest BCUT2D eigenvalue weighted by atomic mass is 10.5. The normalized spacial score (nSPS) is 11.4. The zero-order chi connectivity index (χ0) is 9.40. The van der Waals surface area contributed by atoms with Crippen LogP contribution in [0.2, 0.25) is 0 Å². The van der Waals surface area contributed by atoms with Crippen molar-refractivity contribution >= 4 is 6.21 Å². The van der Waals surface area contributed by atoms with Crippen molar-refractivity contribution in [3.63, 3.8) is 0 Å². The minimum Gasteiger partial charge on any atom is -0.329 e. The van der Waals surface area contributed by atoms with E-state index >= 15 is 0 Å². The van der Waals surface area contributed by atoms with Crippen LogP contribution in [0.1, 0.15) is 6.92 Å². The molecule has 0 aliphatic heterocycles. The molecule has 0 amide bonds. The highest BCUT2D eigenvalue weighted by Crippen LogP contribution is 1.85. The fourth-order valence-electron chi connectivity index (χ4n) is 0.902. The van der Waals surface area contributed by atoms with E-state index in [0.29, 0.717) is 0 Å². The first-order chi connectivity index (χ1) is 5.70. The number of nitrogens with two attached hydrogens (primary N) is 1. The summed E-state index contributed by atoms with van der Waals surface area (Å²) in [5.74, 6) is 0. The minimum absolute atomic E-state index is 0.720. The van der Waals surface area contributed by atoms with Gasteiger partial charge in [-0.15, -0.1) is 0 Å². The van der Waals surface area contributed by atoms with Gasteiger partial charge in [0.15, 0.2) is 0 Å². The van der Waals surface area contributed by atoms with Crippen LogP contribution < -0.4 is 5.73 Å². The summed E-state index contributed by atoms with van der Waals surface area (Å²) in [4.78, 5) is 2.20. The fourth-order valence-corrected chi connectivity index (χ4v) is 0.902. The molecule has 4 heteroatoms. The van der Waals surface area contributed by atoms with Crippen molar-refractivity contribution in [3.05, 3.63) is 0 Å². The third-order valence-corrected chi connectivity index (χ3v) is 1.63. The number of hydrogen-bond acceptors (Lipinski definition) is 4. The Balaban J connectivity index is 3.39. The van der Waals surface area contributed by atoms with Crippen LogP contribution in [-0.4, -0.2) is 56.4 Å². The standard InChI is InChI=1S/C8H20N4/c1-4-10-12(3)8-7-11(2)6-5-9/h4H,5-9H2,1-3H3/b10-4-. The summed E-state index contributed by atoms with van der Waals surface area (Å²) in [7, 11) is 4.03. The Morgan fingerprint density at radius 3 is 2.42 bits per heavy atom. The van der Waals surface area contributed by atoms with Crippen LogP contribution in [0.3, 0.4) is 0 Å². The summed E-state index contributed by atoms with van der Waals surface area (Å²) in [5, 5.41) is 6.03. The molecule has 0 atom stereocenters. The molecule has 0 radical (unpaired) electrons. The van der Waals surface area contributed by atoms with Gasteiger partial charge < -0.3 is 10.6 Å². The van der Waals surface area contributed by atoms with Crippen LogP contribution in [0.15, 0.2) is 5.10 Å². The number of likely N-dealkylation sites (N-methyl/N-ethyl adjacent to an activating group) is 2. The Bertz CT molecular complexity index is 124. The summed E-state index contributed by atoms with van der Waals surface area (Å²) in [6, 6.07) is 0. The molecule has 0 bridgehead atoms. The zero-order valence-corrected chi connectivity index (χ0v) is 8.32. The molecule has 0 aromatic carbocycles. The van der Waals surface area contributed by atoms with Gasteiger partial charge in [-0.3, -0.25) is 5.01 Å². The van der Waals surface area contributed by atoms with Gasteiger partial charge in [0, 0.05) is 39.4 Å². The lowest BCUT2D eigenvalue weighted by Crippen LogP contribution is -2.31. The van der Waals surface area contributed by atoms with Gasteiger partial charge in [-0.2, -0.15) is 5.10 Å². The van der Waals surface area contributed by atoms with Crippen LogP contribution >= 0.6 is 0 Å². The topological polar surface area (TPSA) is 44.9 Å². The van der Waals surface area contributed by atoms with E-state index in [1.54, 1.807) is 6.21 Å². The summed E-state index contributed by atoms with van der Waals surface area (Å²) in [6.45, 7) is 5.53. The fraction of sp³-hybridized carbons (Fsp3) is 0.875. The average molecular weight is 172 g/mol. The van der Waals surface area contributed by atoms with E-state index in [-0.39, 0.29) is 0 Å². The predicted molar refractivity (Wildman–Crippen MR) is 53.3 cm³/mol. The molecule has 0 unspecified atom stereocenters. The third-order valence-electron chi connectivity index (χ3n) is 1.63. The van der Waals surface area contributed by atoms with Crippen LogP contribution in [-0.2, 0) is 0 Å². The largest absolute Gasteiger partial charge is 0.329 e. The Hall–Kier alpha value is -0.610. The van der Waals surface area contributed by atoms with E-state index in [2.05, 4.69) is 17.0 Å². The van der Waals surface area contributed by atoms with Crippen LogP contribution in [0.5, 0.6) is 0 Å². The Kier molecular flexibility index (Phi) is 6.70. The third kappa shape index (κ3) is 6.12. The van der Waals surface area contributed by atoms with E-state index in [0.717, 1.165) is 26.2 Å². The molecule has 0 spiro atoms. The molecule has 0 aliphatic rings. The molecular weight excluding hydrogens is 152 g/mol. The van der Waals surface area contributed by atoms with E-state index in [1.807, 2.05) is 19.0 Å². The molecular formula is C8H20N4. The van der Waals surface area contributed by atoms with Gasteiger partial charge in [-0.05, 0) is 14.0 Å². The van der Waals surface area contributed by atoms with Crippen molar-refractivity contribution in [2.24, 2.45) is 10.8 Å². The van der Waals surface area contributed by atoms with Gasteiger partial charge in [-0.25, -0.2) is 0 Å². The van der Waals surface area contributed by atoms with Crippen molar-refractivity contribution in [2.45, 2.75) is 6.92 Å². The summed E-state index contributed by atoms with van der Waals surface area (Å²) in [5.41, 5.74) is 5.41. The molecule has 12 heavy (non-hydrogen) atoms. The van der Waals surface area contributed by atoms with Crippen LogP contribution in [0.25, 0.3) is 0 Å². The van der Waals surface area contributed by atoms with Gasteiger partial charge >= 0.3 is 0 Å². The Morgan fingerprint density at radius 1 is 1.25 bits per heavy atom. The molecule has 2 N–H and O–H groups in total. The molecule has 0 aromatic rings. The van der Waals surface area contributed by atoms with Crippen LogP contribution in [0, 0.1) is 0 Å². The van der Waals surface area contributed by atoms with E-state index in [1.165, 1.54) is 0 Å². The maximum absolute atomic E-state index is 5.41. The summed E-state index contributed by atoms with van der Waals surface area (Å²) in [6.07, 6.45) is 1.79. The van der Waals surface area contributed by atoms with Crippen molar-refractivity contribution in [1.29, 1.82) is 0 Å². The van der Waals surface area contributed by atoms with E-state index in [9.17, 15) is 0 Å². The van der Waals surface area contributed by atoms with Gasteiger partial charge in [-0.1, -0.05) is 0 Å². The molecule has 0 fully saturated rings. The Labute approximate surface area is 75.0 Å². The van der Waals surface area contributed by atoms with Crippen molar-refractivity contribution in [2.75, 3.05) is 40.3 Å². The molecule has 0 saturated carbocycles. The lowest BCUT2D eigenvalue weighted by Gasteiger charge is -2.19. The number of rotatable bonds is 6. The summed E-state index contributed by atoms with van der Waals surface area (Å²) < 4.78 is 0. The lowest BCUT2D eigenvalue weighted by molar-refractivity contribution is 0.268. The molecule has 0 heterocycles. The van der Waals surface area contributed by atoms with Gasteiger partial charge in [0.2, 0.25) is 0 Å². The molecule has 72 valence electrons. The number of nitrogens with zero attached hydrogens (tertiary/aromatic N) is 3. The second kappa shape index (κ2) is 7.06. The average Bonchev–Trinajstić information content (AvgIpc) is 2.02. The first kappa shape index (κ1) is 11.4. The van der Waals surface area contributed by atoms with E-state index < -0.39 is 0 Å². The highest BCUT2D eigenvalue weighted by Gasteiger charge is 1.97. The SMILES string of the molecule is C/C=N\N(C)CCN(C)CCN. The van der Waals surface area contributed by atoms with Crippen molar-refractivity contribution in [1.82, 2.24) is 9.91 Å². The molecule has 0 saturated heterocycles. The van der Waals surface area contributed by atoms with Crippen molar-refractivity contribution < 1.29 is 0 Å². The molecule has 0 aliphatic carbocycles. The van der Waals surface area contributed by atoms with Gasteiger partial charge in [0.05, 0.1) is 0 Å². The quantitative estimate of drug-likeness (QED) is 0.446. The van der Waals surface area contributed by atoms with Crippen LogP contribution in [0.4, 0.5) is 0 Å². The number of hydrazone groups is 1. The zero-order valence-electron chi connectivity index (χ0n) is 8.32. The Morgan fingerprint density at radius 2 is 1.92 bits per heavy atom. The highest BCUT2D eigenvalue weighted by atomic mass is 15.4. The summed E-state index contributed by atoms with van der Waals surface area (Å²) >= 11 is 0. The van der Waals surface area contributed by atoms with Gasteiger partial charge in [0.1, 0.15) is 0 Å². The minimum atomic E-state index is 0.720. The van der Waals surface area contributed by atoms with E-state index in [4.69, 9.17) is 5.73 Å². The predicted octanol–water partition coefficient (Wildman–Crippen LogP) is -0.186. The number of hydrogen-bond donors (Lipinski definition) is 1. The monoisotopic (exact) mass is 172 g/mol. The van der Waals surface area contributed by atoms with Gasteiger partial charge in [0.25, 0.3) is 0 Å². The smallest absolute Gasteiger partial charge is 0.0484 e. The maximum atomic E-state index is 5.41. The van der Waals surface area contributed by atoms with Crippen molar-refractivity contribution in [3.8, 4) is 0 Å². The molecule has 0 rings (SSSR count). The second-order valence-electron chi connectivity index (χ2n) is 2.85. The second-order valence-corrected chi connectivity index (χ2v) is 2.85. The molecule has 4 nitrogen and oxygen atoms in total.